The fourth-order valence-electron chi connectivity index (χ4n) is 3.07. The van der Waals surface area contributed by atoms with E-state index in [4.69, 9.17) is 0 Å². The Balaban J connectivity index is 1.96. The number of benzene rings is 2. The minimum Gasteiger partial charge on any atom is -0.325 e. The molecule has 6 heteroatoms. The molecule has 0 saturated heterocycles. The molecule has 2 N–H and O–H groups in total. The van der Waals surface area contributed by atoms with Crippen molar-refractivity contribution in [3.63, 3.8) is 0 Å². The van der Waals surface area contributed by atoms with E-state index in [0.717, 1.165) is 27.4 Å². The van der Waals surface area contributed by atoms with Crippen LogP contribution in [0, 0.1) is 20.8 Å². The van der Waals surface area contributed by atoms with Gasteiger partial charge in [0.2, 0.25) is 11.8 Å². The van der Waals surface area contributed by atoms with E-state index in [2.05, 4.69) is 10.6 Å². The summed E-state index contributed by atoms with van der Waals surface area (Å²) in [4.78, 5) is 27.9. The van der Waals surface area contributed by atoms with Gasteiger partial charge in [-0.1, -0.05) is 23.8 Å². The molecule has 2 aromatic rings. The van der Waals surface area contributed by atoms with Crippen molar-refractivity contribution in [2.24, 2.45) is 0 Å². The van der Waals surface area contributed by atoms with Crippen molar-refractivity contribution < 1.29 is 9.59 Å². The Bertz CT molecular complexity index is 844. The zero-order chi connectivity index (χ0) is 20.8. The Morgan fingerprint density at radius 2 is 1.71 bits per heavy atom. The minimum atomic E-state index is -0.441. The lowest BCUT2D eigenvalue weighted by atomic mass is 10.1. The second kappa shape index (κ2) is 9.75. The molecule has 2 rings (SSSR count). The molecule has 0 fully saturated rings. The number of likely N-dealkylation sites (N-methyl/N-ethyl adjacent to an activating group) is 1. The number of hydrogen-bond donors (Lipinski definition) is 2. The summed E-state index contributed by atoms with van der Waals surface area (Å²) in [6.07, 6.45) is 1.99. The lowest BCUT2D eigenvalue weighted by molar-refractivity contribution is -0.122. The van der Waals surface area contributed by atoms with Crippen LogP contribution < -0.4 is 10.6 Å². The molecule has 0 radical (unpaired) electrons. The summed E-state index contributed by atoms with van der Waals surface area (Å²) in [6.45, 7) is 7.93. The van der Waals surface area contributed by atoms with Gasteiger partial charge in [0.1, 0.15) is 0 Å². The molecule has 150 valence electrons. The summed E-state index contributed by atoms with van der Waals surface area (Å²) in [5.74, 6) is -0.280. The van der Waals surface area contributed by atoms with Crippen molar-refractivity contribution >= 4 is 35.0 Å². The van der Waals surface area contributed by atoms with E-state index in [1.165, 1.54) is 5.56 Å². The predicted octanol–water partition coefficient (Wildman–Crippen LogP) is 4.23. The highest BCUT2D eigenvalue weighted by molar-refractivity contribution is 7.98. The molecule has 0 bridgehead atoms. The fraction of sp³-hybridized carbons (Fsp3) is 0.364. The predicted molar refractivity (Wildman–Crippen MR) is 118 cm³/mol. The molecule has 0 aromatic heterocycles. The average molecular weight is 400 g/mol. The van der Waals surface area contributed by atoms with Crippen LogP contribution in [0.25, 0.3) is 0 Å². The van der Waals surface area contributed by atoms with Crippen molar-refractivity contribution in [2.75, 3.05) is 30.5 Å². The number of anilines is 2. The molecule has 0 aliphatic heterocycles. The second-order valence-electron chi connectivity index (χ2n) is 7.13. The van der Waals surface area contributed by atoms with Crippen LogP contribution in [0.3, 0.4) is 0 Å². The normalized spacial score (nSPS) is 12.0. The highest BCUT2D eigenvalue weighted by atomic mass is 32.2. The van der Waals surface area contributed by atoms with E-state index in [-0.39, 0.29) is 18.4 Å². The third-order valence-electron chi connectivity index (χ3n) is 4.71. The molecule has 28 heavy (non-hydrogen) atoms. The molecule has 0 aliphatic rings. The van der Waals surface area contributed by atoms with Crippen LogP contribution in [0.5, 0.6) is 0 Å². The first-order chi connectivity index (χ1) is 13.2. The summed E-state index contributed by atoms with van der Waals surface area (Å²) >= 11 is 1.62. The zero-order valence-corrected chi connectivity index (χ0v) is 18.2. The number of hydrogen-bond acceptors (Lipinski definition) is 4. The van der Waals surface area contributed by atoms with Crippen LogP contribution in [0.1, 0.15) is 23.6 Å². The molecule has 5 nitrogen and oxygen atoms in total. The van der Waals surface area contributed by atoms with Crippen molar-refractivity contribution in [3.8, 4) is 0 Å². The number of nitrogens with one attached hydrogen (secondary N) is 2. The standard InChI is InChI=1S/C22H29N3O2S/c1-14-10-15(2)21(16(3)11-14)24-20(26)13-25(5)17(4)22(27)23-18-8-7-9-19(12-18)28-6/h7-12,17H,13H2,1-6H3,(H,23,27)(H,24,26). The van der Waals surface area contributed by atoms with Crippen LogP contribution >= 0.6 is 11.8 Å². The maximum atomic E-state index is 12.5. The van der Waals surface area contributed by atoms with Gasteiger partial charge in [-0.15, -0.1) is 11.8 Å². The Morgan fingerprint density at radius 3 is 2.32 bits per heavy atom. The average Bonchev–Trinajstić information content (AvgIpc) is 2.64. The number of carbonyl (C=O) groups is 2. The van der Waals surface area contributed by atoms with Crippen LogP contribution in [-0.2, 0) is 9.59 Å². The molecule has 1 unspecified atom stereocenters. The van der Waals surface area contributed by atoms with E-state index in [0.29, 0.717) is 0 Å². The molecule has 2 aromatic carbocycles. The third kappa shape index (κ3) is 5.84. The molecular weight excluding hydrogens is 370 g/mol. The molecular formula is C22H29N3O2S. The van der Waals surface area contributed by atoms with Gasteiger partial charge < -0.3 is 10.6 Å². The van der Waals surface area contributed by atoms with Crippen LogP contribution in [0.15, 0.2) is 41.3 Å². The van der Waals surface area contributed by atoms with E-state index >= 15 is 0 Å². The lowest BCUT2D eigenvalue weighted by Crippen LogP contribution is -2.43. The van der Waals surface area contributed by atoms with Gasteiger partial charge in [0, 0.05) is 16.3 Å². The molecule has 0 heterocycles. The van der Waals surface area contributed by atoms with Gasteiger partial charge in [-0.25, -0.2) is 0 Å². The SMILES string of the molecule is CSc1cccc(NC(=O)C(C)N(C)CC(=O)Nc2c(C)cc(C)cc2C)c1. The van der Waals surface area contributed by atoms with Crippen LogP contribution in [-0.4, -0.2) is 42.6 Å². The van der Waals surface area contributed by atoms with Gasteiger partial charge >= 0.3 is 0 Å². The van der Waals surface area contributed by atoms with Gasteiger partial charge in [-0.3, -0.25) is 14.5 Å². The second-order valence-corrected chi connectivity index (χ2v) is 8.01. The maximum Gasteiger partial charge on any atom is 0.241 e. The van der Waals surface area contributed by atoms with Crippen molar-refractivity contribution in [1.29, 1.82) is 0 Å². The quantitative estimate of drug-likeness (QED) is 0.684. The Labute approximate surface area is 171 Å². The summed E-state index contributed by atoms with van der Waals surface area (Å²) < 4.78 is 0. The first-order valence-corrected chi connectivity index (χ1v) is 10.5. The van der Waals surface area contributed by atoms with Crippen molar-refractivity contribution in [2.45, 2.75) is 38.6 Å². The maximum absolute atomic E-state index is 12.5. The third-order valence-corrected chi connectivity index (χ3v) is 5.44. The number of thioether (sulfide) groups is 1. The summed E-state index contributed by atoms with van der Waals surface area (Å²) in [6, 6.07) is 11.4. The molecule has 0 aliphatic carbocycles. The lowest BCUT2D eigenvalue weighted by Gasteiger charge is -2.24. The van der Waals surface area contributed by atoms with E-state index < -0.39 is 6.04 Å². The monoisotopic (exact) mass is 399 g/mol. The Morgan fingerprint density at radius 1 is 1.07 bits per heavy atom. The highest BCUT2D eigenvalue weighted by Crippen LogP contribution is 2.22. The zero-order valence-electron chi connectivity index (χ0n) is 17.4. The highest BCUT2D eigenvalue weighted by Gasteiger charge is 2.21. The Hall–Kier alpha value is -2.31. The molecule has 2 amide bonds. The summed E-state index contributed by atoms with van der Waals surface area (Å²) in [7, 11) is 1.77. The number of amides is 2. The van der Waals surface area contributed by atoms with E-state index in [1.807, 2.05) is 63.4 Å². The molecule has 0 saturated carbocycles. The van der Waals surface area contributed by atoms with Crippen molar-refractivity contribution in [3.05, 3.63) is 53.1 Å². The number of aryl methyl sites for hydroxylation is 3. The number of rotatable bonds is 7. The van der Waals surface area contributed by atoms with Gasteiger partial charge in [-0.2, -0.15) is 0 Å². The molecule has 1 atom stereocenters. The first-order valence-electron chi connectivity index (χ1n) is 9.24. The van der Waals surface area contributed by atoms with Crippen LogP contribution in [0.4, 0.5) is 11.4 Å². The fourth-order valence-corrected chi connectivity index (χ4v) is 3.53. The summed E-state index contributed by atoms with van der Waals surface area (Å²) in [5.41, 5.74) is 4.84. The van der Waals surface area contributed by atoms with Gasteiger partial charge in [0.15, 0.2) is 0 Å². The summed E-state index contributed by atoms with van der Waals surface area (Å²) in [5, 5.41) is 5.90. The smallest absolute Gasteiger partial charge is 0.241 e. The van der Waals surface area contributed by atoms with Crippen molar-refractivity contribution in [1.82, 2.24) is 4.90 Å². The van der Waals surface area contributed by atoms with Gasteiger partial charge in [0.25, 0.3) is 0 Å². The number of carbonyl (C=O) groups excluding carboxylic acids is 2. The largest absolute Gasteiger partial charge is 0.325 e. The topological polar surface area (TPSA) is 61.4 Å². The minimum absolute atomic E-state index is 0.131. The Kier molecular flexibility index (Phi) is 7.66. The number of nitrogens with zero attached hydrogens (tertiary/aromatic N) is 1. The van der Waals surface area contributed by atoms with Crippen LogP contribution in [0.2, 0.25) is 0 Å². The molecule has 0 spiro atoms. The van der Waals surface area contributed by atoms with Gasteiger partial charge in [-0.05, 0) is 70.3 Å². The first kappa shape index (κ1) is 22.0. The van der Waals surface area contributed by atoms with E-state index in [9.17, 15) is 9.59 Å². The van der Waals surface area contributed by atoms with E-state index in [1.54, 1.807) is 30.6 Å². The van der Waals surface area contributed by atoms with Gasteiger partial charge in [0.05, 0.1) is 12.6 Å².